The monoisotopic (exact) mass is 166 g/mol. The van der Waals surface area contributed by atoms with E-state index in [-0.39, 0.29) is 0 Å². The van der Waals surface area contributed by atoms with E-state index in [0.717, 1.165) is 18.1 Å². The number of halogens is 1. The van der Waals surface area contributed by atoms with E-state index in [9.17, 15) is 0 Å². The second-order valence-corrected chi connectivity index (χ2v) is 3.27. The molecule has 2 rings (SSSR count). The van der Waals surface area contributed by atoms with E-state index in [1.807, 2.05) is 12.1 Å². The lowest BCUT2D eigenvalue weighted by Crippen LogP contribution is -2.33. The molecule has 57 valence electrons. The van der Waals surface area contributed by atoms with Crippen LogP contribution in [0.1, 0.15) is 11.5 Å². The quantitative estimate of drug-likeness (QED) is 0.606. The summed E-state index contributed by atoms with van der Waals surface area (Å²) < 4.78 is 0. The minimum Gasteiger partial charge on any atom is -0.240 e. The van der Waals surface area contributed by atoms with E-state index in [1.54, 1.807) is 0 Å². The normalized spacial score (nSPS) is 17.9. The van der Waals surface area contributed by atoms with Crippen LogP contribution in [-0.4, -0.2) is 13.1 Å². The summed E-state index contributed by atoms with van der Waals surface area (Å²) in [6.45, 7) is 1.98. The van der Waals surface area contributed by atoms with Crippen molar-refractivity contribution in [2.45, 2.75) is 5.92 Å². The van der Waals surface area contributed by atoms with E-state index in [4.69, 9.17) is 11.6 Å². The number of hydrogen-bond acceptors (Lipinski definition) is 0. The van der Waals surface area contributed by atoms with Crippen molar-refractivity contribution in [2.24, 2.45) is 0 Å². The van der Waals surface area contributed by atoms with Gasteiger partial charge in [-0.1, -0.05) is 23.7 Å². The summed E-state index contributed by atoms with van der Waals surface area (Å²) >= 11 is 5.75. The van der Waals surface area contributed by atoms with E-state index in [0.29, 0.717) is 5.92 Å². The lowest BCUT2D eigenvalue weighted by Gasteiger charge is -2.25. The van der Waals surface area contributed by atoms with Crippen LogP contribution in [0.15, 0.2) is 24.3 Å². The minimum atomic E-state index is 0.660. The van der Waals surface area contributed by atoms with Crippen molar-refractivity contribution >= 4 is 11.6 Å². The van der Waals surface area contributed by atoms with Crippen LogP contribution in [0.3, 0.4) is 0 Å². The zero-order chi connectivity index (χ0) is 7.68. The molecule has 2 heteroatoms. The average Bonchev–Trinajstić information content (AvgIpc) is 1.90. The van der Waals surface area contributed by atoms with Crippen LogP contribution < -0.4 is 5.32 Å². The van der Waals surface area contributed by atoms with Crippen molar-refractivity contribution < 1.29 is 0 Å². The van der Waals surface area contributed by atoms with Gasteiger partial charge in [0.25, 0.3) is 0 Å². The largest absolute Gasteiger partial charge is 0.240 e. The highest BCUT2D eigenvalue weighted by Gasteiger charge is 2.19. The van der Waals surface area contributed by atoms with Gasteiger partial charge < -0.3 is 0 Å². The molecule has 1 fully saturated rings. The molecule has 1 heterocycles. The Bertz CT molecular complexity index is 238. The third kappa shape index (κ3) is 1.39. The summed E-state index contributed by atoms with van der Waals surface area (Å²) in [4.78, 5) is 0. The highest BCUT2D eigenvalue weighted by molar-refractivity contribution is 6.30. The Kier molecular flexibility index (Phi) is 1.84. The van der Waals surface area contributed by atoms with Gasteiger partial charge in [0.05, 0.1) is 0 Å². The molecule has 1 aromatic carbocycles. The first-order valence-corrected chi connectivity index (χ1v) is 4.13. The summed E-state index contributed by atoms with van der Waals surface area (Å²) in [6.07, 6.45) is 0. The van der Waals surface area contributed by atoms with Gasteiger partial charge in [0.15, 0.2) is 0 Å². The smallest absolute Gasteiger partial charge is 0.0406 e. The number of benzene rings is 1. The topological polar surface area (TPSA) is 14.1 Å². The lowest BCUT2D eigenvalue weighted by atomic mass is 9.94. The van der Waals surface area contributed by atoms with E-state index >= 15 is 0 Å². The van der Waals surface area contributed by atoms with Gasteiger partial charge in [0, 0.05) is 24.0 Å². The molecule has 0 bridgehead atoms. The summed E-state index contributed by atoms with van der Waals surface area (Å²) in [5, 5.41) is 4.97. The molecule has 1 radical (unpaired) electrons. The number of nitrogens with zero attached hydrogens (tertiary/aromatic N) is 1. The molecule has 0 atom stereocenters. The van der Waals surface area contributed by atoms with Crippen LogP contribution in [0.25, 0.3) is 0 Å². The molecule has 1 aliphatic rings. The second kappa shape index (κ2) is 2.84. The Hall–Kier alpha value is -0.530. The van der Waals surface area contributed by atoms with E-state index < -0.39 is 0 Å². The Balaban J connectivity index is 2.18. The van der Waals surface area contributed by atoms with Crippen LogP contribution in [0.2, 0.25) is 5.02 Å². The molecular formula is C9H9ClN. The Morgan fingerprint density at radius 2 is 1.82 bits per heavy atom. The predicted octanol–water partition coefficient (Wildman–Crippen LogP) is 2.04. The van der Waals surface area contributed by atoms with Gasteiger partial charge in [0.2, 0.25) is 0 Å². The Labute approximate surface area is 71.4 Å². The van der Waals surface area contributed by atoms with Crippen LogP contribution >= 0.6 is 11.6 Å². The molecule has 0 spiro atoms. The van der Waals surface area contributed by atoms with Crippen molar-refractivity contribution in [3.63, 3.8) is 0 Å². The standard InChI is InChI=1S/C9H9ClN/c10-9-3-1-7(2-4-9)8-5-11-6-8/h1-4,8H,5-6H2. The fourth-order valence-corrected chi connectivity index (χ4v) is 1.33. The van der Waals surface area contributed by atoms with Gasteiger partial charge >= 0.3 is 0 Å². The molecular weight excluding hydrogens is 158 g/mol. The van der Waals surface area contributed by atoms with E-state index in [2.05, 4.69) is 17.4 Å². The maximum atomic E-state index is 5.75. The molecule has 0 N–H and O–H groups in total. The predicted molar refractivity (Wildman–Crippen MR) is 46.1 cm³/mol. The van der Waals surface area contributed by atoms with Crippen LogP contribution in [-0.2, 0) is 0 Å². The SMILES string of the molecule is Clc1ccc(C2C[N]C2)cc1. The highest BCUT2D eigenvalue weighted by atomic mass is 35.5. The first-order chi connectivity index (χ1) is 5.36. The van der Waals surface area contributed by atoms with Crippen molar-refractivity contribution in [1.82, 2.24) is 5.32 Å². The molecule has 0 saturated carbocycles. The summed E-state index contributed by atoms with van der Waals surface area (Å²) in [7, 11) is 0. The molecule has 1 aromatic rings. The first-order valence-electron chi connectivity index (χ1n) is 3.75. The Morgan fingerprint density at radius 3 is 2.27 bits per heavy atom. The number of rotatable bonds is 1. The molecule has 0 aromatic heterocycles. The van der Waals surface area contributed by atoms with Crippen LogP contribution in [0.5, 0.6) is 0 Å². The maximum absolute atomic E-state index is 5.75. The van der Waals surface area contributed by atoms with Gasteiger partial charge in [-0.05, 0) is 17.7 Å². The van der Waals surface area contributed by atoms with Gasteiger partial charge in [0.1, 0.15) is 0 Å². The minimum absolute atomic E-state index is 0.660. The molecule has 0 aliphatic carbocycles. The highest BCUT2D eigenvalue weighted by Crippen LogP contribution is 2.22. The maximum Gasteiger partial charge on any atom is 0.0406 e. The van der Waals surface area contributed by atoms with Gasteiger partial charge in [-0.25, -0.2) is 5.32 Å². The van der Waals surface area contributed by atoms with Crippen molar-refractivity contribution in [3.05, 3.63) is 34.9 Å². The fourth-order valence-electron chi connectivity index (χ4n) is 1.20. The molecule has 1 nitrogen and oxygen atoms in total. The fraction of sp³-hybridized carbons (Fsp3) is 0.333. The second-order valence-electron chi connectivity index (χ2n) is 2.84. The van der Waals surface area contributed by atoms with Gasteiger partial charge in [-0.15, -0.1) is 0 Å². The molecule has 11 heavy (non-hydrogen) atoms. The Morgan fingerprint density at radius 1 is 1.18 bits per heavy atom. The third-order valence-electron chi connectivity index (χ3n) is 2.04. The summed E-state index contributed by atoms with van der Waals surface area (Å²) in [5.74, 6) is 0.660. The average molecular weight is 167 g/mol. The van der Waals surface area contributed by atoms with Crippen molar-refractivity contribution in [3.8, 4) is 0 Å². The zero-order valence-electron chi connectivity index (χ0n) is 6.13. The number of hydrogen-bond donors (Lipinski definition) is 0. The summed E-state index contributed by atoms with van der Waals surface area (Å²) in [6, 6.07) is 8.05. The van der Waals surface area contributed by atoms with Crippen LogP contribution in [0, 0.1) is 0 Å². The molecule has 0 unspecified atom stereocenters. The van der Waals surface area contributed by atoms with Crippen molar-refractivity contribution in [1.29, 1.82) is 0 Å². The summed E-state index contributed by atoms with van der Waals surface area (Å²) in [5.41, 5.74) is 1.37. The van der Waals surface area contributed by atoms with Gasteiger partial charge in [-0.3, -0.25) is 0 Å². The molecule has 1 saturated heterocycles. The van der Waals surface area contributed by atoms with Crippen molar-refractivity contribution in [2.75, 3.05) is 13.1 Å². The van der Waals surface area contributed by atoms with Crippen LogP contribution in [0.4, 0.5) is 0 Å². The lowest BCUT2D eigenvalue weighted by molar-refractivity contribution is 0.437. The first kappa shape index (κ1) is 7.14. The van der Waals surface area contributed by atoms with E-state index in [1.165, 1.54) is 5.56 Å². The molecule has 0 amide bonds. The molecule has 1 aliphatic heterocycles. The van der Waals surface area contributed by atoms with Gasteiger partial charge in [-0.2, -0.15) is 0 Å². The third-order valence-corrected chi connectivity index (χ3v) is 2.29. The zero-order valence-corrected chi connectivity index (χ0v) is 6.88.